The lowest BCUT2D eigenvalue weighted by Gasteiger charge is -2.22. The van der Waals surface area contributed by atoms with Gasteiger partial charge >= 0.3 is 0 Å². The fraction of sp³-hybridized carbons (Fsp3) is 0.444. The summed E-state index contributed by atoms with van der Waals surface area (Å²) >= 11 is 0. The summed E-state index contributed by atoms with van der Waals surface area (Å²) in [5.74, 6) is 1.63. The van der Waals surface area contributed by atoms with Crippen molar-refractivity contribution >= 4 is 11.7 Å². The fourth-order valence-corrected chi connectivity index (χ4v) is 3.40. The van der Waals surface area contributed by atoms with Crippen LogP contribution >= 0.6 is 0 Å². The van der Waals surface area contributed by atoms with Crippen LogP contribution in [0.25, 0.3) is 0 Å². The number of hydrogen-bond acceptors (Lipinski definition) is 6. The summed E-state index contributed by atoms with van der Waals surface area (Å²) in [6.07, 6.45) is 9.58. The molecule has 2 fully saturated rings. The van der Waals surface area contributed by atoms with Crippen molar-refractivity contribution in [3.05, 3.63) is 42.6 Å². The lowest BCUT2D eigenvalue weighted by atomic mass is 10.3. The molecule has 4 rings (SSSR count). The Bertz CT molecular complexity index is 733. The number of ether oxygens (including phenoxy) is 1. The first kappa shape index (κ1) is 15.8. The Labute approximate surface area is 146 Å². The van der Waals surface area contributed by atoms with Crippen molar-refractivity contribution in [3.8, 4) is 5.75 Å². The summed E-state index contributed by atoms with van der Waals surface area (Å²) in [6.45, 7) is 3.27. The monoisotopic (exact) mass is 339 g/mol. The third-order valence-electron chi connectivity index (χ3n) is 4.66. The van der Waals surface area contributed by atoms with Crippen LogP contribution < -0.4 is 9.64 Å². The number of rotatable bonds is 4. The van der Waals surface area contributed by atoms with E-state index in [1.807, 2.05) is 12.1 Å². The second-order valence-electron chi connectivity index (χ2n) is 6.39. The van der Waals surface area contributed by atoms with Crippen molar-refractivity contribution < 1.29 is 9.53 Å². The van der Waals surface area contributed by atoms with Crippen molar-refractivity contribution in [1.82, 2.24) is 19.9 Å². The van der Waals surface area contributed by atoms with Crippen molar-refractivity contribution in [2.75, 3.05) is 31.1 Å². The Kier molecular flexibility index (Phi) is 4.45. The van der Waals surface area contributed by atoms with Gasteiger partial charge in [0.1, 0.15) is 11.8 Å². The van der Waals surface area contributed by atoms with E-state index in [1.54, 1.807) is 17.3 Å². The largest absolute Gasteiger partial charge is 0.485 e. The van der Waals surface area contributed by atoms with E-state index in [1.165, 1.54) is 25.2 Å². The quantitative estimate of drug-likeness (QED) is 0.845. The van der Waals surface area contributed by atoms with Crippen LogP contribution in [-0.2, 0) is 0 Å². The highest BCUT2D eigenvalue weighted by atomic mass is 16.5. The molecule has 1 atom stereocenters. The molecule has 25 heavy (non-hydrogen) atoms. The normalized spacial score (nSPS) is 20.1. The summed E-state index contributed by atoms with van der Waals surface area (Å²) < 4.78 is 6.20. The van der Waals surface area contributed by atoms with E-state index in [-0.39, 0.29) is 12.0 Å². The van der Waals surface area contributed by atoms with Gasteiger partial charge in [-0.05, 0) is 25.0 Å². The highest BCUT2D eigenvalue weighted by Gasteiger charge is 2.30. The van der Waals surface area contributed by atoms with Crippen LogP contribution in [0.5, 0.6) is 5.75 Å². The van der Waals surface area contributed by atoms with Crippen LogP contribution in [0.3, 0.4) is 0 Å². The minimum Gasteiger partial charge on any atom is -0.485 e. The molecule has 1 amide bonds. The Morgan fingerprint density at radius 2 is 2.00 bits per heavy atom. The number of pyridine rings is 1. The van der Waals surface area contributed by atoms with Crippen LogP contribution in [0, 0.1) is 0 Å². The summed E-state index contributed by atoms with van der Waals surface area (Å²) in [7, 11) is 0. The average molecular weight is 339 g/mol. The van der Waals surface area contributed by atoms with Crippen LogP contribution in [0.2, 0.25) is 0 Å². The Morgan fingerprint density at radius 1 is 1.12 bits per heavy atom. The molecule has 0 N–H and O–H groups in total. The van der Waals surface area contributed by atoms with E-state index in [2.05, 4.69) is 19.9 Å². The van der Waals surface area contributed by atoms with Gasteiger partial charge in [-0.2, -0.15) is 0 Å². The van der Waals surface area contributed by atoms with Crippen LogP contribution in [0.4, 0.5) is 5.82 Å². The van der Waals surface area contributed by atoms with Gasteiger partial charge in [-0.3, -0.25) is 9.78 Å². The topological polar surface area (TPSA) is 71.5 Å². The smallest absolute Gasteiger partial charge is 0.274 e. The van der Waals surface area contributed by atoms with Gasteiger partial charge in [-0.1, -0.05) is 0 Å². The Morgan fingerprint density at radius 3 is 2.80 bits per heavy atom. The number of amides is 1. The zero-order chi connectivity index (χ0) is 17.1. The highest BCUT2D eigenvalue weighted by Crippen LogP contribution is 2.30. The molecule has 0 aliphatic carbocycles. The number of carbonyl (C=O) groups excluding carboxylic acids is 1. The molecule has 2 aromatic rings. The number of hydrogen-bond donors (Lipinski definition) is 0. The molecule has 7 heteroatoms. The van der Waals surface area contributed by atoms with Crippen LogP contribution in [0.15, 0.2) is 36.9 Å². The Hall–Kier alpha value is -2.70. The summed E-state index contributed by atoms with van der Waals surface area (Å²) in [5.41, 5.74) is 0.377. The van der Waals surface area contributed by atoms with E-state index in [0.717, 1.165) is 31.1 Å². The predicted molar refractivity (Wildman–Crippen MR) is 92.7 cm³/mol. The predicted octanol–water partition coefficient (Wildman–Crippen LogP) is 1.77. The van der Waals surface area contributed by atoms with E-state index in [4.69, 9.17) is 4.74 Å². The zero-order valence-electron chi connectivity index (χ0n) is 14.0. The van der Waals surface area contributed by atoms with Gasteiger partial charge < -0.3 is 14.5 Å². The zero-order valence-corrected chi connectivity index (χ0v) is 14.0. The molecular weight excluding hydrogens is 318 g/mol. The van der Waals surface area contributed by atoms with Crippen molar-refractivity contribution in [3.63, 3.8) is 0 Å². The SMILES string of the molecule is O=C(c1cnccn1)N1CCC(Oc2cccnc2N2CCCC2)C1. The molecule has 2 aliphatic rings. The number of aromatic nitrogens is 3. The van der Waals surface area contributed by atoms with Gasteiger partial charge in [0.2, 0.25) is 0 Å². The molecular formula is C18H21N5O2. The second kappa shape index (κ2) is 7.04. The number of likely N-dealkylation sites (tertiary alicyclic amines) is 1. The Balaban J connectivity index is 1.42. The minimum absolute atomic E-state index is 0.0221. The molecule has 2 aliphatic heterocycles. The van der Waals surface area contributed by atoms with Gasteiger partial charge in [0.15, 0.2) is 11.6 Å². The number of anilines is 1. The van der Waals surface area contributed by atoms with E-state index in [0.29, 0.717) is 18.8 Å². The second-order valence-corrected chi connectivity index (χ2v) is 6.39. The molecule has 2 saturated heterocycles. The van der Waals surface area contributed by atoms with E-state index < -0.39 is 0 Å². The standard InChI is InChI=1S/C18H21N5O2/c24-18(15-12-19-7-8-20-15)23-11-5-14(13-23)25-16-4-3-6-21-17(16)22-9-1-2-10-22/h3-4,6-8,12,14H,1-2,5,9-11,13H2. The molecule has 0 bridgehead atoms. The van der Waals surface area contributed by atoms with Crippen LogP contribution in [0.1, 0.15) is 29.8 Å². The van der Waals surface area contributed by atoms with E-state index in [9.17, 15) is 4.79 Å². The van der Waals surface area contributed by atoms with Crippen molar-refractivity contribution in [2.45, 2.75) is 25.4 Å². The summed E-state index contributed by atoms with van der Waals surface area (Å²) in [4.78, 5) is 29.1. The molecule has 2 aromatic heterocycles. The first-order valence-electron chi connectivity index (χ1n) is 8.73. The van der Waals surface area contributed by atoms with Gasteiger partial charge in [-0.25, -0.2) is 9.97 Å². The molecule has 0 spiro atoms. The molecule has 4 heterocycles. The van der Waals surface area contributed by atoms with Crippen LogP contribution in [-0.4, -0.2) is 58.0 Å². The maximum Gasteiger partial charge on any atom is 0.274 e. The number of nitrogens with zero attached hydrogens (tertiary/aromatic N) is 5. The average Bonchev–Trinajstić information content (AvgIpc) is 3.34. The van der Waals surface area contributed by atoms with Gasteiger partial charge in [0.05, 0.1) is 12.7 Å². The van der Waals surface area contributed by atoms with Gasteiger partial charge in [-0.15, -0.1) is 0 Å². The molecule has 7 nitrogen and oxygen atoms in total. The van der Waals surface area contributed by atoms with Crippen molar-refractivity contribution in [1.29, 1.82) is 0 Å². The number of carbonyl (C=O) groups is 1. The first-order valence-corrected chi connectivity index (χ1v) is 8.73. The van der Waals surface area contributed by atoms with Crippen molar-refractivity contribution in [2.24, 2.45) is 0 Å². The molecule has 130 valence electrons. The third kappa shape index (κ3) is 3.40. The highest BCUT2D eigenvalue weighted by molar-refractivity contribution is 5.92. The van der Waals surface area contributed by atoms with E-state index >= 15 is 0 Å². The molecule has 0 radical (unpaired) electrons. The maximum atomic E-state index is 12.5. The summed E-state index contributed by atoms with van der Waals surface area (Å²) in [5, 5.41) is 0. The minimum atomic E-state index is -0.0925. The lowest BCUT2D eigenvalue weighted by molar-refractivity contribution is 0.0766. The summed E-state index contributed by atoms with van der Waals surface area (Å²) in [6, 6.07) is 3.86. The van der Waals surface area contributed by atoms with Gasteiger partial charge in [0, 0.05) is 44.6 Å². The third-order valence-corrected chi connectivity index (χ3v) is 4.66. The maximum absolute atomic E-state index is 12.5. The first-order chi connectivity index (χ1) is 12.3. The molecule has 0 aromatic carbocycles. The molecule has 1 unspecified atom stereocenters. The molecule has 0 saturated carbocycles. The fourth-order valence-electron chi connectivity index (χ4n) is 3.40. The lowest BCUT2D eigenvalue weighted by Crippen LogP contribution is -2.31. The van der Waals surface area contributed by atoms with Gasteiger partial charge in [0.25, 0.3) is 5.91 Å².